The summed E-state index contributed by atoms with van der Waals surface area (Å²) in [7, 11) is 0. The maximum atomic E-state index is 11.7. The van der Waals surface area contributed by atoms with Crippen LogP contribution >= 0.6 is 0 Å². The highest BCUT2D eigenvalue weighted by Gasteiger charge is 2.51. The number of hydrogen-bond donors (Lipinski definition) is 2. The second-order valence-corrected chi connectivity index (χ2v) is 6.73. The average Bonchev–Trinajstić information content (AvgIpc) is 2.69. The van der Waals surface area contributed by atoms with Gasteiger partial charge in [0, 0.05) is 27.2 Å². The van der Waals surface area contributed by atoms with Crippen LogP contribution in [-0.2, 0) is 33.3 Å². The molecular formula is C20H25NO9. The Labute approximate surface area is 173 Å². The summed E-state index contributed by atoms with van der Waals surface area (Å²) in [6.45, 7) is 2.91. The summed E-state index contributed by atoms with van der Waals surface area (Å²) in [6, 6.07) is 8.72. The molecule has 0 spiro atoms. The van der Waals surface area contributed by atoms with Crippen molar-refractivity contribution in [3.8, 4) is 0 Å². The van der Waals surface area contributed by atoms with Gasteiger partial charge in [0.2, 0.25) is 0 Å². The summed E-state index contributed by atoms with van der Waals surface area (Å²) in [5.74, 6) is -2.08. The summed E-state index contributed by atoms with van der Waals surface area (Å²) >= 11 is 0. The summed E-state index contributed by atoms with van der Waals surface area (Å²) in [5.41, 5.74) is 0.818. The molecule has 0 aliphatic carbocycles. The summed E-state index contributed by atoms with van der Waals surface area (Å²) in [5, 5.41) is 22.6. The molecule has 1 saturated heterocycles. The van der Waals surface area contributed by atoms with E-state index in [1.165, 1.54) is 6.92 Å². The molecule has 2 rings (SSSR count). The molecule has 10 nitrogen and oxygen atoms in total. The number of esters is 3. The predicted molar refractivity (Wildman–Crippen MR) is 102 cm³/mol. The van der Waals surface area contributed by atoms with Crippen molar-refractivity contribution in [2.24, 2.45) is 5.16 Å². The maximum absolute atomic E-state index is 11.7. The minimum atomic E-state index is -1.23. The van der Waals surface area contributed by atoms with E-state index < -0.39 is 55.0 Å². The highest BCUT2D eigenvalue weighted by molar-refractivity contribution is 6.00. The lowest BCUT2D eigenvalue weighted by molar-refractivity contribution is -0.249. The lowest BCUT2D eigenvalue weighted by atomic mass is 9.90. The monoisotopic (exact) mass is 423 g/mol. The van der Waals surface area contributed by atoms with E-state index in [0.717, 1.165) is 13.8 Å². The molecule has 30 heavy (non-hydrogen) atoms. The second-order valence-electron chi connectivity index (χ2n) is 6.73. The first-order chi connectivity index (χ1) is 14.3. The van der Waals surface area contributed by atoms with Crippen LogP contribution in [0.2, 0.25) is 0 Å². The first-order valence-corrected chi connectivity index (χ1v) is 9.31. The van der Waals surface area contributed by atoms with E-state index in [1.807, 2.05) is 0 Å². The molecule has 1 aromatic rings. The third-order valence-corrected chi connectivity index (χ3v) is 4.44. The van der Waals surface area contributed by atoms with E-state index in [9.17, 15) is 24.7 Å². The lowest BCUT2D eigenvalue weighted by Gasteiger charge is -2.44. The minimum absolute atomic E-state index is 0.0421. The zero-order chi connectivity index (χ0) is 22.3. The van der Waals surface area contributed by atoms with Crippen LogP contribution in [0.5, 0.6) is 0 Å². The maximum Gasteiger partial charge on any atom is 0.303 e. The van der Waals surface area contributed by atoms with Crippen LogP contribution in [0, 0.1) is 0 Å². The molecule has 0 bridgehead atoms. The van der Waals surface area contributed by atoms with Gasteiger partial charge in [0.1, 0.15) is 12.2 Å². The Balaban J connectivity index is 2.42. The number of carbonyl (C=O) groups excluding carboxylic acids is 3. The van der Waals surface area contributed by atoms with Gasteiger partial charge in [-0.25, -0.2) is 0 Å². The third-order valence-electron chi connectivity index (χ3n) is 4.44. The molecule has 10 heteroatoms. The average molecular weight is 423 g/mol. The van der Waals surface area contributed by atoms with Crippen LogP contribution in [0.1, 0.15) is 32.8 Å². The van der Waals surface area contributed by atoms with Crippen LogP contribution in [-0.4, -0.2) is 71.1 Å². The van der Waals surface area contributed by atoms with Crippen molar-refractivity contribution in [2.75, 3.05) is 6.61 Å². The van der Waals surface area contributed by atoms with Crippen molar-refractivity contribution in [2.45, 2.75) is 57.7 Å². The molecule has 1 heterocycles. The molecule has 1 fully saturated rings. The number of rotatable bonds is 7. The number of aliphatic hydroxyl groups excluding tert-OH is 1. The van der Waals surface area contributed by atoms with E-state index in [1.54, 1.807) is 30.3 Å². The molecule has 1 aromatic carbocycles. The Morgan fingerprint density at radius 2 is 1.40 bits per heavy atom. The van der Waals surface area contributed by atoms with Gasteiger partial charge in [-0.1, -0.05) is 35.5 Å². The minimum Gasteiger partial charge on any atom is -0.456 e. The number of nitrogens with zero attached hydrogens (tertiary/aromatic N) is 1. The SMILES string of the molecule is CC(=O)O[C@@H]1[C@@H](OC(C)=O)[C@H](C/C(=N/O)c2ccccc2)O[C@H](CO)[C@H]1OC(C)=O. The highest BCUT2D eigenvalue weighted by atomic mass is 16.6. The van der Waals surface area contributed by atoms with Crippen LogP contribution in [0.15, 0.2) is 35.5 Å². The smallest absolute Gasteiger partial charge is 0.303 e. The number of ether oxygens (including phenoxy) is 4. The van der Waals surface area contributed by atoms with Crippen LogP contribution in [0.25, 0.3) is 0 Å². The van der Waals surface area contributed by atoms with E-state index in [-0.39, 0.29) is 12.1 Å². The first-order valence-electron chi connectivity index (χ1n) is 9.31. The molecule has 0 radical (unpaired) electrons. The number of aliphatic hydroxyl groups is 1. The van der Waals surface area contributed by atoms with Gasteiger partial charge < -0.3 is 29.3 Å². The zero-order valence-electron chi connectivity index (χ0n) is 16.9. The topological polar surface area (TPSA) is 141 Å². The van der Waals surface area contributed by atoms with Crippen molar-refractivity contribution >= 4 is 23.6 Å². The Morgan fingerprint density at radius 3 is 1.87 bits per heavy atom. The van der Waals surface area contributed by atoms with Crippen molar-refractivity contribution in [3.05, 3.63) is 35.9 Å². The van der Waals surface area contributed by atoms with Crippen LogP contribution in [0.4, 0.5) is 0 Å². The largest absolute Gasteiger partial charge is 0.456 e. The van der Waals surface area contributed by atoms with Crippen LogP contribution in [0.3, 0.4) is 0 Å². The Bertz CT molecular complexity index is 780. The summed E-state index contributed by atoms with van der Waals surface area (Å²) in [6.07, 6.45) is -5.69. The molecular weight excluding hydrogens is 398 g/mol. The Hall–Kier alpha value is -2.98. The van der Waals surface area contributed by atoms with E-state index >= 15 is 0 Å². The zero-order valence-corrected chi connectivity index (χ0v) is 16.9. The van der Waals surface area contributed by atoms with Gasteiger partial charge in [0.05, 0.1) is 12.3 Å². The quantitative estimate of drug-likeness (QED) is 0.214. The van der Waals surface area contributed by atoms with Gasteiger partial charge in [-0.05, 0) is 5.56 Å². The molecule has 0 amide bonds. The van der Waals surface area contributed by atoms with Gasteiger partial charge in [0.15, 0.2) is 18.3 Å². The normalized spacial score (nSPS) is 26.5. The summed E-state index contributed by atoms with van der Waals surface area (Å²) < 4.78 is 21.7. The molecule has 164 valence electrons. The van der Waals surface area contributed by atoms with Crippen molar-refractivity contribution in [3.63, 3.8) is 0 Å². The number of carbonyl (C=O) groups is 3. The third kappa shape index (κ3) is 6.01. The highest BCUT2D eigenvalue weighted by Crippen LogP contribution is 2.31. The van der Waals surface area contributed by atoms with Gasteiger partial charge in [-0.3, -0.25) is 14.4 Å². The first kappa shape index (κ1) is 23.3. The molecule has 0 saturated carbocycles. The molecule has 5 atom stereocenters. The fourth-order valence-electron chi connectivity index (χ4n) is 3.33. The lowest BCUT2D eigenvalue weighted by Crippen LogP contribution is -2.62. The standard InChI is InChI=1S/C20H25NO9/c1-11(23)27-18-16(9-15(21-26)14-7-5-4-6-8-14)30-17(10-22)19(28-12(2)24)20(18)29-13(3)25/h4-8,16-20,22,26H,9-10H2,1-3H3/b21-15-/t16-,17+,18-,19+,20+/m0/s1. The van der Waals surface area contributed by atoms with Gasteiger partial charge in [-0.15, -0.1) is 0 Å². The molecule has 2 N–H and O–H groups in total. The van der Waals surface area contributed by atoms with Crippen molar-refractivity contribution < 1.29 is 43.6 Å². The molecule has 0 unspecified atom stereocenters. The van der Waals surface area contributed by atoms with Crippen molar-refractivity contribution in [1.29, 1.82) is 0 Å². The Kier molecular flexibility index (Phi) is 8.31. The van der Waals surface area contributed by atoms with E-state index in [2.05, 4.69) is 5.16 Å². The number of oxime groups is 1. The van der Waals surface area contributed by atoms with Gasteiger partial charge in [0.25, 0.3) is 0 Å². The van der Waals surface area contributed by atoms with Crippen LogP contribution < -0.4 is 0 Å². The summed E-state index contributed by atoms with van der Waals surface area (Å²) in [4.78, 5) is 35.0. The molecule has 0 aromatic heterocycles. The van der Waals surface area contributed by atoms with E-state index in [4.69, 9.17) is 18.9 Å². The molecule has 1 aliphatic heterocycles. The van der Waals surface area contributed by atoms with Gasteiger partial charge in [-0.2, -0.15) is 0 Å². The fourth-order valence-corrected chi connectivity index (χ4v) is 3.33. The molecule has 1 aliphatic rings. The number of benzene rings is 1. The second kappa shape index (κ2) is 10.7. The van der Waals surface area contributed by atoms with Gasteiger partial charge >= 0.3 is 17.9 Å². The Morgan fingerprint density at radius 1 is 0.900 bits per heavy atom. The predicted octanol–water partition coefficient (Wildman–Crippen LogP) is 0.810. The van der Waals surface area contributed by atoms with E-state index in [0.29, 0.717) is 5.56 Å². The number of hydrogen-bond acceptors (Lipinski definition) is 10. The fraction of sp³-hybridized carbons (Fsp3) is 0.500. The van der Waals surface area contributed by atoms with Crippen molar-refractivity contribution in [1.82, 2.24) is 0 Å².